The van der Waals surface area contributed by atoms with Gasteiger partial charge in [-0.2, -0.15) is 26.3 Å². The summed E-state index contributed by atoms with van der Waals surface area (Å²) in [6, 6.07) is 0. The molecule has 0 radical (unpaired) electrons. The Bertz CT molecular complexity index is 342. The van der Waals surface area contributed by atoms with Crippen molar-refractivity contribution in [3.63, 3.8) is 0 Å². The first-order valence-corrected chi connectivity index (χ1v) is 5.84. The van der Waals surface area contributed by atoms with Crippen LogP contribution >= 0.6 is 0 Å². The van der Waals surface area contributed by atoms with Crippen molar-refractivity contribution in [3.05, 3.63) is 0 Å². The molecule has 0 heterocycles. The molecule has 0 saturated heterocycles. The summed E-state index contributed by atoms with van der Waals surface area (Å²) in [6.07, 6.45) is -11.9. The van der Waals surface area contributed by atoms with Crippen LogP contribution in [0, 0.1) is 0 Å². The molecule has 0 aromatic heterocycles. The number of nitrogens with zero attached hydrogens (tertiary/aromatic N) is 1. The summed E-state index contributed by atoms with van der Waals surface area (Å²) in [5.74, 6) is -1.30. The first kappa shape index (κ1) is 21.7. The van der Waals surface area contributed by atoms with Gasteiger partial charge in [0.1, 0.15) is 16.1 Å². The molecule has 0 unspecified atom stereocenters. The van der Waals surface area contributed by atoms with Crippen LogP contribution in [0.4, 0.5) is 26.3 Å². The second-order valence-corrected chi connectivity index (χ2v) is 4.38. The maximum absolute atomic E-state index is 11.9. The summed E-state index contributed by atoms with van der Waals surface area (Å²) >= 11 is 0. The molecule has 0 aliphatic rings. The number of hydrogen-bond acceptors (Lipinski definition) is 5. The van der Waals surface area contributed by atoms with E-state index >= 15 is 0 Å². The third-order valence-electron chi connectivity index (χ3n) is 1.51. The van der Waals surface area contributed by atoms with Gasteiger partial charge in [-0.3, -0.25) is 0 Å². The van der Waals surface area contributed by atoms with Gasteiger partial charge in [0.05, 0.1) is 0 Å². The minimum Gasteiger partial charge on any atom is -0.746 e. The predicted molar refractivity (Wildman–Crippen MR) is 43.9 cm³/mol. The predicted octanol–water partition coefficient (Wildman–Crippen LogP) is -1.76. The Hall–Kier alpha value is 0.410. The summed E-state index contributed by atoms with van der Waals surface area (Å²) < 4.78 is 106. The van der Waals surface area contributed by atoms with Crippen molar-refractivity contribution < 1.29 is 73.6 Å². The van der Waals surface area contributed by atoms with Gasteiger partial charge in [0.25, 0.3) is 0 Å². The van der Waals surface area contributed by atoms with Gasteiger partial charge < -0.3 is 9.29 Å². The van der Waals surface area contributed by atoms with Crippen LogP contribution in [0.15, 0.2) is 0 Å². The molecule has 19 heavy (non-hydrogen) atoms. The smallest absolute Gasteiger partial charge is 0.746 e. The van der Waals surface area contributed by atoms with Gasteiger partial charge in [-0.05, 0) is 6.42 Å². The molecule has 0 N–H and O–H groups in total. The second kappa shape index (κ2) is 8.00. The third kappa shape index (κ3) is 10.8. The largest absolute Gasteiger partial charge is 1.00 e. The summed E-state index contributed by atoms with van der Waals surface area (Å²) in [7, 11) is -4.71. The topological polar surface area (TPSA) is 69.7 Å². The Morgan fingerprint density at radius 2 is 1.47 bits per heavy atom. The SMILES string of the molecule is O=S(=O)([O-])COCCCN(C(F)(F)F)C(F)(F)F.[Na+]. The summed E-state index contributed by atoms with van der Waals surface area (Å²) in [5.41, 5.74) is 0. The molecule has 0 aromatic rings. The van der Waals surface area contributed by atoms with Crippen molar-refractivity contribution in [2.45, 2.75) is 19.0 Å². The number of hydrogen-bond donors (Lipinski definition) is 0. The van der Waals surface area contributed by atoms with Crippen molar-refractivity contribution in [3.8, 4) is 0 Å². The Kier molecular flexibility index (Phi) is 9.14. The van der Waals surface area contributed by atoms with Crippen LogP contribution in [0.2, 0.25) is 0 Å². The Morgan fingerprint density at radius 3 is 1.79 bits per heavy atom. The molecule has 0 aliphatic carbocycles. The van der Waals surface area contributed by atoms with Crippen molar-refractivity contribution in [1.29, 1.82) is 0 Å². The average molecular weight is 327 g/mol. The first-order chi connectivity index (χ1) is 7.84. The zero-order valence-electron chi connectivity index (χ0n) is 9.58. The summed E-state index contributed by atoms with van der Waals surface area (Å²) in [5, 5.41) is 0. The molecular formula is C6H8F6NNaO4S. The van der Waals surface area contributed by atoms with E-state index in [1.807, 2.05) is 0 Å². The van der Waals surface area contributed by atoms with Crippen molar-refractivity contribution in [2.75, 3.05) is 19.1 Å². The maximum atomic E-state index is 11.9. The van der Waals surface area contributed by atoms with Gasteiger partial charge in [0.15, 0.2) is 0 Å². The fraction of sp³-hybridized carbons (Fsp3) is 1.00. The van der Waals surface area contributed by atoms with Crippen LogP contribution < -0.4 is 29.6 Å². The molecule has 0 saturated carbocycles. The van der Waals surface area contributed by atoms with Crippen LogP contribution in [0.25, 0.3) is 0 Å². The minimum atomic E-state index is -5.59. The third-order valence-corrected chi connectivity index (χ3v) is 1.97. The quantitative estimate of drug-likeness (QED) is 0.190. The zero-order valence-corrected chi connectivity index (χ0v) is 12.4. The number of ether oxygens (including phenoxy) is 1. The Morgan fingerprint density at radius 1 is 1.05 bits per heavy atom. The molecule has 13 heteroatoms. The van der Waals surface area contributed by atoms with Gasteiger partial charge in [0.2, 0.25) is 0 Å². The number of alkyl halides is 6. The number of halogens is 6. The van der Waals surface area contributed by atoms with Crippen molar-refractivity contribution >= 4 is 10.1 Å². The van der Waals surface area contributed by atoms with E-state index in [2.05, 4.69) is 4.74 Å². The second-order valence-electron chi connectivity index (χ2n) is 3.02. The Balaban J connectivity index is 0. The summed E-state index contributed by atoms with van der Waals surface area (Å²) in [6.45, 7) is -2.17. The molecule has 110 valence electrons. The maximum Gasteiger partial charge on any atom is 1.00 e. The molecular weight excluding hydrogens is 319 g/mol. The van der Waals surface area contributed by atoms with E-state index in [9.17, 15) is 39.3 Å². The van der Waals surface area contributed by atoms with Crippen LogP contribution in [0.1, 0.15) is 6.42 Å². The van der Waals surface area contributed by atoms with E-state index in [1.54, 1.807) is 0 Å². The molecule has 0 rings (SSSR count). The van der Waals surface area contributed by atoms with Gasteiger partial charge in [-0.1, -0.05) is 0 Å². The van der Waals surface area contributed by atoms with Crippen molar-refractivity contribution in [1.82, 2.24) is 4.90 Å². The van der Waals surface area contributed by atoms with Gasteiger partial charge in [-0.15, -0.1) is 4.90 Å². The number of rotatable bonds is 6. The Labute approximate surface area is 126 Å². The van der Waals surface area contributed by atoms with E-state index in [-0.39, 0.29) is 29.6 Å². The van der Waals surface area contributed by atoms with Gasteiger partial charge in [0, 0.05) is 13.2 Å². The minimum absolute atomic E-state index is 0. The van der Waals surface area contributed by atoms with Gasteiger partial charge >= 0.3 is 42.2 Å². The molecule has 0 amide bonds. The average Bonchev–Trinajstić information content (AvgIpc) is 2.04. The standard InChI is InChI=1S/C6H9F6NO4S.Na/c7-5(8,9)13(6(10,11)12)2-1-3-17-4-18(14,15)16;/h1-4H2,(H,14,15,16);/q;+1/p-1. The molecule has 0 fully saturated rings. The molecule has 5 nitrogen and oxygen atoms in total. The van der Waals surface area contributed by atoms with Crippen LogP contribution in [-0.4, -0.2) is 49.6 Å². The molecule has 0 atom stereocenters. The monoisotopic (exact) mass is 327 g/mol. The van der Waals surface area contributed by atoms with Crippen molar-refractivity contribution in [2.24, 2.45) is 0 Å². The fourth-order valence-corrected chi connectivity index (χ4v) is 1.20. The molecule has 0 aliphatic heterocycles. The molecule has 0 aromatic carbocycles. The van der Waals surface area contributed by atoms with E-state index in [0.717, 1.165) is 0 Å². The van der Waals surface area contributed by atoms with E-state index < -0.39 is 53.1 Å². The summed E-state index contributed by atoms with van der Waals surface area (Å²) in [4.78, 5) is -1.67. The van der Waals surface area contributed by atoms with E-state index in [0.29, 0.717) is 0 Å². The van der Waals surface area contributed by atoms with E-state index in [1.165, 1.54) is 0 Å². The van der Waals surface area contributed by atoms with Gasteiger partial charge in [-0.25, -0.2) is 8.42 Å². The molecule has 0 bridgehead atoms. The zero-order chi connectivity index (χ0) is 14.6. The fourth-order valence-electron chi connectivity index (χ4n) is 0.883. The first-order valence-electron chi connectivity index (χ1n) is 4.26. The molecule has 0 spiro atoms. The van der Waals surface area contributed by atoms with E-state index in [4.69, 9.17) is 0 Å². The van der Waals surface area contributed by atoms with Crippen LogP contribution in [0.5, 0.6) is 0 Å². The van der Waals surface area contributed by atoms with Crippen LogP contribution in [-0.2, 0) is 14.9 Å². The van der Waals surface area contributed by atoms with Crippen LogP contribution in [0.3, 0.4) is 0 Å². The normalized spacial score (nSPS) is 13.5.